The molecule has 184 valence electrons. The average Bonchev–Trinajstić information content (AvgIpc) is 3.27. The zero-order chi connectivity index (χ0) is 25.7. The molecule has 1 heterocycles. The Morgan fingerprint density at radius 3 is 2.31 bits per heavy atom. The van der Waals surface area contributed by atoms with Gasteiger partial charge < -0.3 is 10.6 Å². The summed E-state index contributed by atoms with van der Waals surface area (Å²) in [5.41, 5.74) is 4.00. The maximum absolute atomic E-state index is 13.6. The van der Waals surface area contributed by atoms with Gasteiger partial charge in [0.2, 0.25) is 11.8 Å². The van der Waals surface area contributed by atoms with Gasteiger partial charge in [-0.3, -0.25) is 14.6 Å². The highest BCUT2D eigenvalue weighted by Crippen LogP contribution is 2.25. The summed E-state index contributed by atoms with van der Waals surface area (Å²) in [4.78, 5) is 31.1. The van der Waals surface area contributed by atoms with Crippen molar-refractivity contribution < 1.29 is 9.59 Å². The largest absolute Gasteiger partial charge is 0.357 e. The summed E-state index contributed by atoms with van der Waals surface area (Å²) in [5, 5.41) is 6.20. The number of carbonyl (C=O) groups is 2. The van der Waals surface area contributed by atoms with Crippen LogP contribution >= 0.6 is 43.5 Å². The van der Waals surface area contributed by atoms with Gasteiger partial charge in [-0.05, 0) is 60.0 Å². The Hall–Kier alpha value is -2.74. The number of halogens is 3. The number of benzene rings is 3. The van der Waals surface area contributed by atoms with Crippen LogP contribution in [0.1, 0.15) is 16.7 Å². The van der Waals surface area contributed by atoms with Crippen LogP contribution < -0.4 is 10.6 Å². The summed E-state index contributed by atoms with van der Waals surface area (Å²) in [6.45, 7) is 0. The van der Waals surface area contributed by atoms with Crippen LogP contribution in [0.3, 0.4) is 0 Å². The maximum atomic E-state index is 13.6. The molecule has 3 aromatic rings. The summed E-state index contributed by atoms with van der Waals surface area (Å²) >= 11 is 13.2. The van der Waals surface area contributed by atoms with Crippen LogP contribution in [0.5, 0.6) is 0 Å². The minimum absolute atomic E-state index is 0.263. The van der Waals surface area contributed by atoms with Crippen molar-refractivity contribution in [3.05, 3.63) is 115 Å². The van der Waals surface area contributed by atoms with Gasteiger partial charge in [0.1, 0.15) is 6.04 Å². The number of likely N-dealkylation sites (N-methyl/N-ethyl adjacent to an activating group) is 1. The molecule has 1 aliphatic heterocycles. The van der Waals surface area contributed by atoms with Crippen LogP contribution in [0.25, 0.3) is 0 Å². The fraction of sp³-hybridized carbons (Fsp3) is 0.179. The number of amides is 2. The van der Waals surface area contributed by atoms with E-state index in [1.165, 1.54) is 0 Å². The number of allylic oxidation sites excluding steroid dienone is 1. The van der Waals surface area contributed by atoms with Crippen molar-refractivity contribution in [2.75, 3.05) is 7.05 Å². The number of hydrogen-bond acceptors (Lipinski definition) is 3. The van der Waals surface area contributed by atoms with Gasteiger partial charge in [-0.15, -0.1) is 0 Å². The van der Waals surface area contributed by atoms with Gasteiger partial charge in [0, 0.05) is 38.6 Å². The Bertz CT molecular complexity index is 1360. The number of nitrogens with one attached hydrogen (secondary N) is 2. The Labute approximate surface area is 232 Å². The van der Waals surface area contributed by atoms with Gasteiger partial charge >= 0.3 is 0 Å². The molecule has 2 amide bonds. The lowest BCUT2D eigenvalue weighted by Crippen LogP contribution is -2.48. The lowest BCUT2D eigenvalue weighted by atomic mass is 9.98. The van der Waals surface area contributed by atoms with Gasteiger partial charge in [0.05, 0.1) is 11.8 Å². The van der Waals surface area contributed by atoms with E-state index in [9.17, 15) is 9.59 Å². The van der Waals surface area contributed by atoms with Crippen LogP contribution in [-0.2, 0) is 22.4 Å². The highest BCUT2D eigenvalue weighted by Gasteiger charge is 2.30. The van der Waals surface area contributed by atoms with E-state index in [2.05, 4.69) is 42.5 Å². The molecule has 0 fully saturated rings. The van der Waals surface area contributed by atoms with Crippen LogP contribution in [0.15, 0.2) is 98.4 Å². The van der Waals surface area contributed by atoms with Gasteiger partial charge in [0.15, 0.2) is 0 Å². The summed E-state index contributed by atoms with van der Waals surface area (Å²) in [5.74, 6) is -0.583. The minimum Gasteiger partial charge on any atom is -0.357 e. The Kier molecular flexibility index (Phi) is 8.77. The summed E-state index contributed by atoms with van der Waals surface area (Å²) in [6.07, 6.45) is 2.69. The number of rotatable bonds is 8. The molecule has 1 unspecified atom stereocenters. The molecule has 4 rings (SSSR count). The number of carbonyl (C=O) groups excluding carboxylic acids is 2. The normalized spacial score (nSPS) is 15.6. The van der Waals surface area contributed by atoms with Crippen LogP contribution in [0.4, 0.5) is 0 Å². The fourth-order valence-electron chi connectivity index (χ4n) is 4.11. The molecular weight excluding hydrogens is 606 g/mol. The van der Waals surface area contributed by atoms with E-state index in [0.29, 0.717) is 29.1 Å². The standard InChI is InChI=1S/C28H24Br2ClN3O2/c1-32-28(36)26(14-18-6-3-9-21(30)12-18)34-27(35)23-16-24(19-7-4-10-22(31)15-19)33-25(23)13-17-5-2-8-20(29)11-17/h2-12,15-16,25-26H,13-14H2,1H3,(H,32,36)(H,34,35)/t25?,26-/m0/s1. The number of hydrogen-bond donors (Lipinski definition) is 2. The number of nitrogens with zero attached hydrogens (tertiary/aromatic N) is 1. The molecule has 0 bridgehead atoms. The molecule has 0 aliphatic carbocycles. The van der Waals surface area contributed by atoms with E-state index < -0.39 is 12.1 Å². The van der Waals surface area contributed by atoms with E-state index in [-0.39, 0.29) is 11.8 Å². The van der Waals surface area contributed by atoms with E-state index >= 15 is 0 Å². The summed E-state index contributed by atoms with van der Waals surface area (Å²) in [7, 11) is 1.56. The number of aliphatic imine (C=N–C) groups is 1. The fourth-order valence-corrected chi connectivity index (χ4v) is 5.19. The molecule has 1 aliphatic rings. The van der Waals surface area contributed by atoms with E-state index in [0.717, 1.165) is 25.6 Å². The first-order valence-electron chi connectivity index (χ1n) is 11.4. The van der Waals surface area contributed by atoms with Crippen molar-refractivity contribution >= 4 is 61.0 Å². The highest BCUT2D eigenvalue weighted by molar-refractivity contribution is 9.10. The Morgan fingerprint density at radius 2 is 1.64 bits per heavy atom. The molecule has 3 aromatic carbocycles. The average molecular weight is 630 g/mol. The molecule has 0 saturated carbocycles. The predicted molar refractivity (Wildman–Crippen MR) is 152 cm³/mol. The predicted octanol–water partition coefficient (Wildman–Crippen LogP) is 5.68. The second kappa shape index (κ2) is 12.0. The molecule has 0 saturated heterocycles. The molecule has 2 N–H and O–H groups in total. The van der Waals surface area contributed by atoms with Crippen molar-refractivity contribution in [3.63, 3.8) is 0 Å². The molecule has 0 aromatic heterocycles. The first-order valence-corrected chi connectivity index (χ1v) is 13.4. The molecule has 36 heavy (non-hydrogen) atoms. The zero-order valence-corrected chi connectivity index (χ0v) is 23.4. The molecule has 2 atom stereocenters. The quantitative estimate of drug-likeness (QED) is 0.337. The summed E-state index contributed by atoms with van der Waals surface area (Å²) in [6, 6.07) is 21.9. The third kappa shape index (κ3) is 6.72. The maximum Gasteiger partial charge on any atom is 0.250 e. The van der Waals surface area contributed by atoms with Crippen molar-refractivity contribution in [3.8, 4) is 0 Å². The van der Waals surface area contributed by atoms with E-state index in [1.54, 1.807) is 19.2 Å². The lowest BCUT2D eigenvalue weighted by Gasteiger charge is -2.20. The van der Waals surface area contributed by atoms with Crippen LogP contribution in [-0.4, -0.2) is 36.7 Å². The molecule has 8 heteroatoms. The van der Waals surface area contributed by atoms with Crippen molar-refractivity contribution in [1.82, 2.24) is 10.6 Å². The van der Waals surface area contributed by atoms with Gasteiger partial charge in [-0.2, -0.15) is 0 Å². The molecular formula is C28H24Br2ClN3O2. The van der Waals surface area contributed by atoms with Gasteiger partial charge in [0.25, 0.3) is 0 Å². The Morgan fingerprint density at radius 1 is 0.972 bits per heavy atom. The third-order valence-electron chi connectivity index (χ3n) is 5.84. The van der Waals surface area contributed by atoms with Gasteiger partial charge in [-0.25, -0.2) is 0 Å². The SMILES string of the molecule is CNC(=O)[C@H](Cc1cccc(Br)c1)NC(=O)C1=CC(c2cccc(Cl)c2)=NC1Cc1cccc(Br)c1. The van der Waals surface area contributed by atoms with E-state index in [4.69, 9.17) is 16.6 Å². The molecule has 5 nitrogen and oxygen atoms in total. The first-order chi connectivity index (χ1) is 17.3. The summed E-state index contributed by atoms with van der Waals surface area (Å²) < 4.78 is 1.87. The van der Waals surface area contributed by atoms with Crippen molar-refractivity contribution in [1.29, 1.82) is 0 Å². The van der Waals surface area contributed by atoms with Crippen LogP contribution in [0.2, 0.25) is 5.02 Å². The second-order valence-corrected chi connectivity index (χ2v) is 10.7. The smallest absolute Gasteiger partial charge is 0.250 e. The lowest BCUT2D eigenvalue weighted by molar-refractivity contribution is -0.127. The Balaban J connectivity index is 1.62. The minimum atomic E-state index is -0.737. The van der Waals surface area contributed by atoms with Crippen molar-refractivity contribution in [2.24, 2.45) is 4.99 Å². The first kappa shape index (κ1) is 26.3. The second-order valence-electron chi connectivity index (χ2n) is 8.45. The van der Waals surface area contributed by atoms with Crippen LogP contribution in [0, 0.1) is 0 Å². The van der Waals surface area contributed by atoms with E-state index in [1.807, 2.05) is 66.7 Å². The third-order valence-corrected chi connectivity index (χ3v) is 7.07. The van der Waals surface area contributed by atoms with Crippen molar-refractivity contribution in [2.45, 2.75) is 24.9 Å². The molecule has 0 radical (unpaired) electrons. The monoisotopic (exact) mass is 627 g/mol. The molecule has 0 spiro atoms. The highest BCUT2D eigenvalue weighted by atomic mass is 79.9. The topological polar surface area (TPSA) is 70.6 Å². The zero-order valence-electron chi connectivity index (χ0n) is 19.5. The van der Waals surface area contributed by atoms with Gasteiger partial charge in [-0.1, -0.05) is 79.9 Å².